The van der Waals surface area contributed by atoms with Crippen molar-refractivity contribution in [3.63, 3.8) is 0 Å². The van der Waals surface area contributed by atoms with E-state index in [0.717, 1.165) is 18.4 Å². The molecule has 1 rings (SSSR count). The van der Waals surface area contributed by atoms with Crippen LogP contribution in [0.25, 0.3) is 0 Å². The topological polar surface area (TPSA) is 72.6 Å². The molecule has 3 N–H and O–H groups in total. The second-order valence-corrected chi connectivity index (χ2v) is 3.79. The van der Waals surface area contributed by atoms with Crippen molar-refractivity contribution >= 4 is 5.91 Å². The van der Waals surface area contributed by atoms with E-state index in [1.54, 1.807) is 19.1 Å². The molecular formula is C12H17NO3. The van der Waals surface area contributed by atoms with Crippen molar-refractivity contribution in [2.45, 2.75) is 25.9 Å². The molecule has 0 fully saturated rings. The minimum Gasteiger partial charge on any atom is -0.484 e. The van der Waals surface area contributed by atoms with Crippen molar-refractivity contribution in [3.05, 3.63) is 29.8 Å². The second-order valence-electron chi connectivity index (χ2n) is 3.79. The zero-order valence-corrected chi connectivity index (χ0v) is 9.35. The highest BCUT2D eigenvalue weighted by molar-refractivity contribution is 5.75. The fourth-order valence-corrected chi connectivity index (χ4v) is 1.28. The molecule has 4 nitrogen and oxygen atoms in total. The molecule has 1 atom stereocenters. The van der Waals surface area contributed by atoms with Crippen LogP contribution in [0.3, 0.4) is 0 Å². The number of hydrogen-bond acceptors (Lipinski definition) is 3. The number of aryl methyl sites for hydroxylation is 1. The van der Waals surface area contributed by atoms with E-state index in [1.807, 2.05) is 12.1 Å². The number of primary amides is 1. The summed E-state index contributed by atoms with van der Waals surface area (Å²) in [6, 6.07) is 7.41. The number of carbonyl (C=O) groups excluding carboxylic acids is 1. The zero-order chi connectivity index (χ0) is 12.0. The van der Waals surface area contributed by atoms with E-state index in [9.17, 15) is 4.79 Å². The summed E-state index contributed by atoms with van der Waals surface area (Å²) >= 11 is 0. The average Bonchev–Trinajstić information content (AvgIpc) is 2.25. The van der Waals surface area contributed by atoms with E-state index in [2.05, 4.69) is 0 Å². The van der Waals surface area contributed by atoms with Gasteiger partial charge < -0.3 is 15.6 Å². The number of hydrogen-bond donors (Lipinski definition) is 2. The fourth-order valence-electron chi connectivity index (χ4n) is 1.28. The van der Waals surface area contributed by atoms with Gasteiger partial charge in [-0.3, -0.25) is 4.79 Å². The van der Waals surface area contributed by atoms with Gasteiger partial charge in [0.2, 0.25) is 0 Å². The first-order chi connectivity index (χ1) is 7.58. The molecule has 0 aromatic heterocycles. The van der Waals surface area contributed by atoms with Gasteiger partial charge in [-0.2, -0.15) is 0 Å². The van der Waals surface area contributed by atoms with Gasteiger partial charge in [-0.15, -0.1) is 0 Å². The smallest absolute Gasteiger partial charge is 0.255 e. The Morgan fingerprint density at radius 3 is 2.56 bits per heavy atom. The van der Waals surface area contributed by atoms with Crippen LogP contribution in [-0.4, -0.2) is 23.7 Å². The minimum absolute atomic E-state index is 0.104. The predicted octanol–water partition coefficient (Wildman–Crippen LogP) is 0.864. The van der Waals surface area contributed by atoms with Crippen molar-refractivity contribution in [2.24, 2.45) is 5.73 Å². The highest BCUT2D eigenvalue weighted by atomic mass is 16.5. The fraction of sp³-hybridized carbons (Fsp3) is 0.417. The molecule has 88 valence electrons. The Labute approximate surface area is 95.0 Å². The molecule has 0 aliphatic rings. The lowest BCUT2D eigenvalue weighted by Crippen LogP contribution is -2.19. The molecule has 0 spiro atoms. The lowest BCUT2D eigenvalue weighted by Gasteiger charge is -2.06. The van der Waals surface area contributed by atoms with Gasteiger partial charge in [0.05, 0.1) is 6.10 Å². The summed E-state index contributed by atoms with van der Waals surface area (Å²) in [6.07, 6.45) is 1.28. The molecule has 0 bridgehead atoms. The molecule has 0 heterocycles. The zero-order valence-electron chi connectivity index (χ0n) is 9.35. The van der Waals surface area contributed by atoms with E-state index in [1.165, 1.54) is 0 Å². The molecular weight excluding hydrogens is 206 g/mol. The van der Waals surface area contributed by atoms with Crippen LogP contribution >= 0.6 is 0 Å². The quantitative estimate of drug-likeness (QED) is 0.751. The van der Waals surface area contributed by atoms with Crippen LogP contribution < -0.4 is 10.5 Å². The number of carbonyl (C=O) groups is 1. The maximum absolute atomic E-state index is 10.5. The Morgan fingerprint density at radius 2 is 2.06 bits per heavy atom. The van der Waals surface area contributed by atoms with Crippen LogP contribution in [0.4, 0.5) is 0 Å². The minimum atomic E-state index is -0.488. The first-order valence-corrected chi connectivity index (χ1v) is 5.26. The Kier molecular flexibility index (Phi) is 4.79. The number of rotatable bonds is 6. The molecule has 1 amide bonds. The van der Waals surface area contributed by atoms with Crippen molar-refractivity contribution in [1.29, 1.82) is 0 Å². The van der Waals surface area contributed by atoms with Gasteiger partial charge in [0.1, 0.15) is 5.75 Å². The Bertz CT molecular complexity index is 333. The number of aliphatic hydroxyl groups excluding tert-OH is 1. The van der Waals surface area contributed by atoms with Crippen molar-refractivity contribution in [1.82, 2.24) is 0 Å². The second kappa shape index (κ2) is 6.12. The van der Waals surface area contributed by atoms with E-state index in [4.69, 9.17) is 15.6 Å². The summed E-state index contributed by atoms with van der Waals surface area (Å²) in [5, 5.41) is 9.14. The van der Waals surface area contributed by atoms with Crippen LogP contribution in [0, 0.1) is 0 Å². The highest BCUT2D eigenvalue weighted by Gasteiger charge is 2.00. The largest absolute Gasteiger partial charge is 0.484 e. The highest BCUT2D eigenvalue weighted by Crippen LogP contribution is 2.13. The molecule has 1 unspecified atom stereocenters. The summed E-state index contributed by atoms with van der Waals surface area (Å²) in [5.74, 6) is 0.137. The average molecular weight is 223 g/mol. The van der Waals surface area contributed by atoms with Gasteiger partial charge in [0, 0.05) is 0 Å². The summed E-state index contributed by atoms with van der Waals surface area (Å²) in [7, 11) is 0. The van der Waals surface area contributed by atoms with Crippen LogP contribution in [0.2, 0.25) is 0 Å². The van der Waals surface area contributed by atoms with Gasteiger partial charge in [-0.1, -0.05) is 12.1 Å². The van der Waals surface area contributed by atoms with Crippen molar-refractivity contribution < 1.29 is 14.6 Å². The number of amides is 1. The summed E-state index contributed by atoms with van der Waals surface area (Å²) in [5.41, 5.74) is 6.09. The van der Waals surface area contributed by atoms with Gasteiger partial charge >= 0.3 is 0 Å². The number of nitrogens with two attached hydrogens (primary N) is 1. The lowest BCUT2D eigenvalue weighted by molar-refractivity contribution is -0.119. The van der Waals surface area contributed by atoms with E-state index < -0.39 is 5.91 Å². The maximum Gasteiger partial charge on any atom is 0.255 e. The summed E-state index contributed by atoms with van der Waals surface area (Å²) in [6.45, 7) is 1.66. The number of aliphatic hydroxyl groups is 1. The third kappa shape index (κ3) is 4.79. The Hall–Kier alpha value is -1.55. The van der Waals surface area contributed by atoms with Crippen LogP contribution in [0.1, 0.15) is 18.9 Å². The lowest BCUT2D eigenvalue weighted by atomic mass is 10.1. The Morgan fingerprint density at radius 1 is 1.44 bits per heavy atom. The van der Waals surface area contributed by atoms with Crippen LogP contribution in [0.15, 0.2) is 24.3 Å². The first kappa shape index (κ1) is 12.5. The summed E-state index contributed by atoms with van der Waals surface area (Å²) < 4.78 is 5.12. The molecule has 0 radical (unpaired) electrons. The predicted molar refractivity (Wildman–Crippen MR) is 61.1 cm³/mol. The number of ether oxygens (including phenoxy) is 1. The molecule has 0 aliphatic heterocycles. The van der Waals surface area contributed by atoms with Gasteiger partial charge in [-0.05, 0) is 37.5 Å². The molecule has 1 aromatic carbocycles. The SMILES string of the molecule is CC(O)CCc1ccc(OCC(N)=O)cc1. The van der Waals surface area contributed by atoms with E-state index in [0.29, 0.717) is 5.75 Å². The monoisotopic (exact) mass is 223 g/mol. The third-order valence-corrected chi connectivity index (χ3v) is 2.16. The van der Waals surface area contributed by atoms with Gasteiger partial charge in [0.25, 0.3) is 5.91 Å². The van der Waals surface area contributed by atoms with E-state index >= 15 is 0 Å². The first-order valence-electron chi connectivity index (χ1n) is 5.26. The van der Waals surface area contributed by atoms with Gasteiger partial charge in [-0.25, -0.2) is 0 Å². The molecule has 0 saturated heterocycles. The normalized spacial score (nSPS) is 12.1. The molecule has 0 aliphatic carbocycles. The molecule has 16 heavy (non-hydrogen) atoms. The van der Waals surface area contributed by atoms with Crippen molar-refractivity contribution in [2.75, 3.05) is 6.61 Å². The van der Waals surface area contributed by atoms with E-state index in [-0.39, 0.29) is 12.7 Å². The molecule has 0 saturated carbocycles. The molecule has 4 heteroatoms. The Balaban J connectivity index is 2.44. The van der Waals surface area contributed by atoms with Crippen molar-refractivity contribution in [3.8, 4) is 5.75 Å². The van der Waals surface area contributed by atoms with Crippen LogP contribution in [-0.2, 0) is 11.2 Å². The third-order valence-electron chi connectivity index (χ3n) is 2.16. The number of benzene rings is 1. The standard InChI is InChI=1S/C12H17NO3/c1-9(14)2-3-10-4-6-11(7-5-10)16-8-12(13)15/h4-7,9,14H,2-3,8H2,1H3,(H2,13,15). The molecule has 1 aromatic rings. The summed E-state index contributed by atoms with van der Waals surface area (Å²) in [4.78, 5) is 10.5. The van der Waals surface area contributed by atoms with Crippen LogP contribution in [0.5, 0.6) is 5.75 Å². The van der Waals surface area contributed by atoms with Gasteiger partial charge in [0.15, 0.2) is 6.61 Å². The maximum atomic E-state index is 10.5.